The quantitative estimate of drug-likeness (QED) is 0.438. The van der Waals surface area contributed by atoms with Crippen LogP contribution in [0.15, 0.2) is 47.5 Å². The van der Waals surface area contributed by atoms with E-state index in [9.17, 15) is 27.6 Å². The van der Waals surface area contributed by atoms with Crippen molar-refractivity contribution in [3.63, 3.8) is 0 Å². The summed E-state index contributed by atoms with van der Waals surface area (Å²) in [6, 6.07) is 10.1. The van der Waals surface area contributed by atoms with E-state index in [-0.39, 0.29) is 30.1 Å². The number of nitrogens with zero attached hydrogens (tertiary/aromatic N) is 3. The number of likely N-dealkylation sites (tertiary alicyclic amines) is 1. The monoisotopic (exact) mass is 490 g/mol. The first kappa shape index (κ1) is 25.7. The van der Waals surface area contributed by atoms with Crippen molar-refractivity contribution in [2.24, 2.45) is 10.7 Å². The summed E-state index contributed by atoms with van der Waals surface area (Å²) in [5.41, 5.74) is 6.99. The molecule has 0 aliphatic carbocycles. The Bertz CT molecular complexity index is 1120. The minimum Gasteiger partial charge on any atom is -0.383 e. The van der Waals surface area contributed by atoms with Crippen molar-refractivity contribution < 1.29 is 27.6 Å². The van der Waals surface area contributed by atoms with Gasteiger partial charge in [-0.05, 0) is 62.6 Å². The summed E-state index contributed by atoms with van der Waals surface area (Å²) < 4.78 is 37.1. The maximum Gasteiger partial charge on any atom is 0.473 e. The van der Waals surface area contributed by atoms with E-state index in [1.54, 1.807) is 30.0 Å². The molecule has 4 amide bonds. The Balaban J connectivity index is 1.60. The molecule has 0 radical (unpaired) electrons. The topological polar surface area (TPSA) is 130 Å². The molecule has 1 saturated heterocycles. The van der Waals surface area contributed by atoms with Crippen LogP contribution in [0.1, 0.15) is 41.0 Å². The Morgan fingerprint density at radius 2 is 1.86 bits per heavy atom. The Morgan fingerprint density at radius 3 is 2.51 bits per heavy atom. The van der Waals surface area contributed by atoms with Crippen molar-refractivity contribution in [3.8, 4) is 0 Å². The number of aromatic nitrogens is 1. The van der Waals surface area contributed by atoms with Crippen molar-refractivity contribution in [3.05, 3.63) is 59.4 Å². The zero-order valence-electron chi connectivity index (χ0n) is 18.9. The van der Waals surface area contributed by atoms with Gasteiger partial charge in [0.15, 0.2) is 0 Å². The molecule has 4 N–H and O–H groups in total. The normalized spacial score (nSPS) is 16.5. The summed E-state index contributed by atoms with van der Waals surface area (Å²) in [5, 5.41) is 5.57. The lowest BCUT2D eigenvalue weighted by Crippen LogP contribution is -2.50. The van der Waals surface area contributed by atoms with Gasteiger partial charge in [-0.15, -0.1) is 0 Å². The van der Waals surface area contributed by atoms with Crippen LogP contribution in [-0.4, -0.2) is 58.9 Å². The van der Waals surface area contributed by atoms with Crippen molar-refractivity contribution in [1.82, 2.24) is 15.2 Å². The number of amidine groups is 1. The van der Waals surface area contributed by atoms with Crippen LogP contribution in [0.4, 0.5) is 23.7 Å². The molecule has 9 nitrogen and oxygen atoms in total. The van der Waals surface area contributed by atoms with Crippen LogP contribution in [0, 0.1) is 6.92 Å². The summed E-state index contributed by atoms with van der Waals surface area (Å²) in [5.74, 6) is -3.20. The average Bonchev–Trinajstić information content (AvgIpc) is 2.82. The second-order valence-corrected chi connectivity index (χ2v) is 8.02. The Kier molecular flexibility index (Phi) is 8.05. The van der Waals surface area contributed by atoms with Gasteiger partial charge in [0.25, 0.3) is 5.91 Å². The zero-order chi connectivity index (χ0) is 25.6. The maximum atomic E-state index is 12.9. The molecule has 0 spiro atoms. The predicted molar refractivity (Wildman–Crippen MR) is 123 cm³/mol. The maximum absolute atomic E-state index is 12.9. The Hall–Kier alpha value is -3.96. The minimum atomic E-state index is -5.11. The molecule has 12 heteroatoms. The van der Waals surface area contributed by atoms with E-state index < -0.39 is 17.9 Å². The van der Waals surface area contributed by atoms with E-state index in [2.05, 4.69) is 20.6 Å². The highest BCUT2D eigenvalue weighted by atomic mass is 19.4. The van der Waals surface area contributed by atoms with E-state index >= 15 is 0 Å². The number of urea groups is 1. The van der Waals surface area contributed by atoms with E-state index in [0.717, 1.165) is 18.5 Å². The fourth-order valence-corrected chi connectivity index (χ4v) is 3.61. The Morgan fingerprint density at radius 1 is 1.14 bits per heavy atom. The number of rotatable bonds is 5. The molecule has 0 saturated carbocycles. The molecular weight excluding hydrogens is 465 g/mol. The molecule has 1 unspecified atom stereocenters. The molecule has 2 heterocycles. The lowest BCUT2D eigenvalue weighted by atomic mass is 10.0. The standard InChI is InChI=1S/C23H25F3N6O3/c1-14-5-4-7-18(29-14)20(33)28-13-17-6-2-3-12-32(17)22(35)30-16-10-8-15(9-11-16)19(27)31-21(34)23(24,25)26/h4-5,7-11,17H,2-3,6,12-13H2,1H3,(H,28,33)(H,30,35)(H2,27,31,34). The third-order valence-electron chi connectivity index (χ3n) is 5.40. The highest BCUT2D eigenvalue weighted by Crippen LogP contribution is 2.20. The number of pyridine rings is 1. The molecule has 3 rings (SSSR count). The van der Waals surface area contributed by atoms with Gasteiger partial charge in [0, 0.05) is 30.0 Å². The number of carbonyl (C=O) groups is 3. The van der Waals surface area contributed by atoms with Gasteiger partial charge in [-0.25, -0.2) is 9.78 Å². The number of piperidine rings is 1. The van der Waals surface area contributed by atoms with Gasteiger partial charge in [0.05, 0.1) is 6.04 Å². The largest absolute Gasteiger partial charge is 0.473 e. The number of hydrogen-bond acceptors (Lipinski definition) is 4. The second-order valence-electron chi connectivity index (χ2n) is 8.02. The number of aliphatic imine (C=N–C) groups is 1. The van der Waals surface area contributed by atoms with Gasteiger partial charge >= 0.3 is 18.1 Å². The van der Waals surface area contributed by atoms with Crippen LogP contribution in [0.25, 0.3) is 0 Å². The fourth-order valence-electron chi connectivity index (χ4n) is 3.61. The van der Waals surface area contributed by atoms with Crippen LogP contribution < -0.4 is 16.4 Å². The zero-order valence-corrected chi connectivity index (χ0v) is 18.9. The van der Waals surface area contributed by atoms with Crippen molar-refractivity contribution in [2.75, 3.05) is 18.4 Å². The highest BCUT2D eigenvalue weighted by Gasteiger charge is 2.38. The van der Waals surface area contributed by atoms with Crippen LogP contribution in [0.3, 0.4) is 0 Å². The highest BCUT2D eigenvalue weighted by molar-refractivity contribution is 6.05. The molecule has 0 bridgehead atoms. The summed E-state index contributed by atoms with van der Waals surface area (Å²) in [4.78, 5) is 45.0. The molecule has 1 aliphatic rings. The third kappa shape index (κ3) is 7.01. The third-order valence-corrected chi connectivity index (χ3v) is 5.40. The van der Waals surface area contributed by atoms with Gasteiger partial charge in [-0.2, -0.15) is 18.2 Å². The fraction of sp³-hybridized carbons (Fsp3) is 0.348. The van der Waals surface area contributed by atoms with Crippen molar-refractivity contribution >= 4 is 29.4 Å². The first-order valence-electron chi connectivity index (χ1n) is 10.9. The lowest BCUT2D eigenvalue weighted by Gasteiger charge is -2.35. The number of benzene rings is 1. The molecule has 2 aromatic rings. The number of anilines is 1. The SMILES string of the molecule is Cc1cccc(C(=O)NCC2CCCCN2C(=O)Nc2ccc(C(N)=NC(=O)C(F)(F)F)cc2)n1. The molecule has 1 aliphatic heterocycles. The first-order valence-corrected chi connectivity index (χ1v) is 10.9. The van der Waals surface area contributed by atoms with Gasteiger partial charge in [0.1, 0.15) is 11.5 Å². The summed E-state index contributed by atoms with van der Waals surface area (Å²) in [6.07, 6.45) is -2.67. The van der Waals surface area contributed by atoms with E-state index in [4.69, 9.17) is 5.73 Å². The molecule has 1 aromatic carbocycles. The smallest absolute Gasteiger partial charge is 0.383 e. The van der Waals surface area contributed by atoms with Gasteiger partial charge in [-0.3, -0.25) is 9.59 Å². The number of amides is 4. The number of halogens is 3. The molecule has 1 atom stereocenters. The van der Waals surface area contributed by atoms with Gasteiger partial charge in [-0.1, -0.05) is 6.07 Å². The number of hydrogen-bond donors (Lipinski definition) is 3. The van der Waals surface area contributed by atoms with Crippen LogP contribution >= 0.6 is 0 Å². The van der Waals surface area contributed by atoms with Gasteiger partial charge in [0.2, 0.25) is 0 Å². The van der Waals surface area contributed by atoms with E-state index in [1.807, 2.05) is 0 Å². The average molecular weight is 490 g/mol. The van der Waals surface area contributed by atoms with E-state index in [0.29, 0.717) is 24.3 Å². The second kappa shape index (κ2) is 11.0. The summed E-state index contributed by atoms with van der Waals surface area (Å²) in [7, 11) is 0. The number of carbonyl (C=O) groups excluding carboxylic acids is 3. The number of aryl methyl sites for hydroxylation is 1. The number of nitrogens with two attached hydrogens (primary N) is 1. The van der Waals surface area contributed by atoms with Crippen LogP contribution in [-0.2, 0) is 4.79 Å². The predicted octanol–water partition coefficient (Wildman–Crippen LogP) is 3.00. The van der Waals surface area contributed by atoms with Crippen molar-refractivity contribution in [1.29, 1.82) is 0 Å². The van der Waals surface area contributed by atoms with Crippen LogP contribution in [0.5, 0.6) is 0 Å². The summed E-state index contributed by atoms with van der Waals surface area (Å²) >= 11 is 0. The molecular formula is C23H25F3N6O3. The lowest BCUT2D eigenvalue weighted by molar-refractivity contribution is -0.169. The first-order chi connectivity index (χ1) is 16.5. The van der Waals surface area contributed by atoms with Crippen molar-refractivity contribution in [2.45, 2.75) is 38.4 Å². The van der Waals surface area contributed by atoms with Crippen LogP contribution in [0.2, 0.25) is 0 Å². The molecule has 186 valence electrons. The number of alkyl halides is 3. The Labute approximate surface area is 199 Å². The molecule has 1 aromatic heterocycles. The van der Waals surface area contributed by atoms with Gasteiger partial charge < -0.3 is 21.3 Å². The van der Waals surface area contributed by atoms with E-state index in [1.165, 1.54) is 24.3 Å². The summed E-state index contributed by atoms with van der Waals surface area (Å²) in [6.45, 7) is 2.56. The number of nitrogens with one attached hydrogen (secondary N) is 2. The molecule has 1 fully saturated rings. The minimum absolute atomic E-state index is 0.101. The molecule has 35 heavy (non-hydrogen) atoms.